The van der Waals surface area contributed by atoms with E-state index in [0.717, 1.165) is 0 Å². The fraction of sp³-hybridized carbons (Fsp3) is 0.259. The molecule has 2 nitrogen and oxygen atoms in total. The van der Waals surface area contributed by atoms with Crippen molar-refractivity contribution in [2.45, 2.75) is 43.7 Å². The van der Waals surface area contributed by atoms with Gasteiger partial charge in [-0.05, 0) is 81.6 Å². The summed E-state index contributed by atoms with van der Waals surface area (Å²) in [6.07, 6.45) is 4.83. The van der Waals surface area contributed by atoms with Crippen LogP contribution in [0.2, 0.25) is 0 Å². The number of benzene rings is 4. The van der Waals surface area contributed by atoms with Crippen LogP contribution in [0.25, 0.3) is 32.3 Å². The first kappa shape index (κ1) is 16.2. The van der Waals surface area contributed by atoms with Gasteiger partial charge in [0, 0.05) is 0 Å². The van der Waals surface area contributed by atoms with Gasteiger partial charge < -0.3 is 9.47 Å². The molecule has 1 saturated heterocycles. The molecule has 142 valence electrons. The van der Waals surface area contributed by atoms with Crippen LogP contribution in [0.5, 0.6) is 0 Å². The number of rotatable bonds is 0. The van der Waals surface area contributed by atoms with Crippen molar-refractivity contribution in [2.75, 3.05) is 0 Å². The normalized spacial score (nSPS) is 32.2. The van der Waals surface area contributed by atoms with E-state index in [-0.39, 0.29) is 24.0 Å². The molecule has 1 heterocycles. The van der Waals surface area contributed by atoms with E-state index in [1.807, 2.05) is 0 Å². The van der Waals surface area contributed by atoms with Gasteiger partial charge in [-0.15, -0.1) is 0 Å². The molecule has 4 aromatic rings. The predicted octanol–water partition coefficient (Wildman–Crippen LogP) is 6.42. The molecule has 0 N–H and O–H groups in total. The summed E-state index contributed by atoms with van der Waals surface area (Å²) in [4.78, 5) is 0. The molecule has 4 aromatic carbocycles. The Bertz CT molecular complexity index is 1260. The van der Waals surface area contributed by atoms with E-state index in [1.54, 1.807) is 0 Å². The summed E-state index contributed by atoms with van der Waals surface area (Å²) in [5.41, 5.74) is 2.73. The van der Waals surface area contributed by atoms with E-state index < -0.39 is 5.79 Å². The Morgan fingerprint density at radius 1 is 0.586 bits per heavy atom. The van der Waals surface area contributed by atoms with Crippen molar-refractivity contribution in [3.63, 3.8) is 0 Å². The highest BCUT2D eigenvalue weighted by molar-refractivity contribution is 6.05. The summed E-state index contributed by atoms with van der Waals surface area (Å²) < 4.78 is 12.9. The van der Waals surface area contributed by atoms with Crippen LogP contribution in [0.15, 0.2) is 72.8 Å². The van der Waals surface area contributed by atoms with E-state index in [2.05, 4.69) is 86.7 Å². The first-order valence-corrected chi connectivity index (χ1v) is 10.6. The molecule has 29 heavy (non-hydrogen) atoms. The molecule has 7 rings (SSSR count). The Morgan fingerprint density at radius 3 is 1.48 bits per heavy atom. The third kappa shape index (κ3) is 1.98. The van der Waals surface area contributed by atoms with Gasteiger partial charge in [0.1, 0.15) is 0 Å². The Hall–Kier alpha value is -2.68. The summed E-state index contributed by atoms with van der Waals surface area (Å²) >= 11 is 0. The highest BCUT2D eigenvalue weighted by Gasteiger charge is 2.61. The lowest BCUT2D eigenvalue weighted by Crippen LogP contribution is -2.35. The third-order valence-electron chi connectivity index (χ3n) is 7.30. The zero-order valence-corrected chi connectivity index (χ0v) is 16.6. The quantitative estimate of drug-likeness (QED) is 0.260. The third-order valence-corrected chi connectivity index (χ3v) is 7.30. The first-order chi connectivity index (χ1) is 14.1. The van der Waals surface area contributed by atoms with Crippen LogP contribution in [0.1, 0.15) is 36.8 Å². The van der Waals surface area contributed by atoms with Crippen molar-refractivity contribution in [1.29, 1.82) is 0 Å². The number of fused-ring (bicyclic) bond motifs is 6. The minimum absolute atomic E-state index is 0.124. The highest BCUT2D eigenvalue weighted by atomic mass is 16.8. The molecule has 4 atom stereocenters. The molecule has 0 radical (unpaired) electrons. The molecule has 1 spiro atoms. The van der Waals surface area contributed by atoms with Gasteiger partial charge >= 0.3 is 0 Å². The van der Waals surface area contributed by atoms with Crippen LogP contribution >= 0.6 is 0 Å². The van der Waals surface area contributed by atoms with E-state index in [0.29, 0.717) is 0 Å². The van der Waals surface area contributed by atoms with Crippen LogP contribution in [0.4, 0.5) is 0 Å². The smallest absolute Gasteiger partial charge is 0.189 e. The van der Waals surface area contributed by atoms with Crippen LogP contribution < -0.4 is 0 Å². The zero-order chi connectivity index (χ0) is 19.3. The SMILES string of the molecule is CC1OC2(OC1C)C1C=CC2c2cc3cc4cc5ccccc5cc4cc3cc21. The van der Waals surface area contributed by atoms with Gasteiger partial charge in [0.05, 0.1) is 24.0 Å². The van der Waals surface area contributed by atoms with Crippen molar-refractivity contribution < 1.29 is 9.47 Å². The highest BCUT2D eigenvalue weighted by Crippen LogP contribution is 2.61. The second-order valence-electron chi connectivity index (χ2n) is 8.93. The fourth-order valence-electron chi connectivity index (χ4n) is 5.74. The molecule has 2 aliphatic carbocycles. The Labute approximate surface area is 169 Å². The minimum atomic E-state index is -0.535. The lowest BCUT2D eigenvalue weighted by Gasteiger charge is -2.28. The monoisotopic (exact) mass is 378 g/mol. The molecular formula is C27H22O2. The van der Waals surface area contributed by atoms with Crippen molar-refractivity contribution in [3.05, 3.63) is 83.9 Å². The lowest BCUT2D eigenvalue weighted by molar-refractivity contribution is -0.177. The van der Waals surface area contributed by atoms with E-state index >= 15 is 0 Å². The van der Waals surface area contributed by atoms with Gasteiger partial charge in [0.25, 0.3) is 0 Å². The molecule has 2 bridgehead atoms. The average molecular weight is 378 g/mol. The van der Waals surface area contributed by atoms with Crippen molar-refractivity contribution in [1.82, 2.24) is 0 Å². The molecular weight excluding hydrogens is 356 g/mol. The van der Waals surface area contributed by atoms with Crippen LogP contribution in [-0.4, -0.2) is 18.0 Å². The largest absolute Gasteiger partial charge is 0.342 e. The Morgan fingerprint density at radius 2 is 1.00 bits per heavy atom. The Balaban J connectivity index is 1.45. The molecule has 3 aliphatic rings. The maximum atomic E-state index is 6.46. The summed E-state index contributed by atoms with van der Waals surface area (Å²) in [6.45, 7) is 4.24. The van der Waals surface area contributed by atoms with Gasteiger partial charge in [0.15, 0.2) is 5.79 Å². The molecule has 2 heteroatoms. The molecule has 0 amide bonds. The molecule has 0 aromatic heterocycles. The number of hydrogen-bond acceptors (Lipinski definition) is 2. The second kappa shape index (κ2) is 5.27. The molecule has 0 saturated carbocycles. The topological polar surface area (TPSA) is 18.5 Å². The van der Waals surface area contributed by atoms with E-state index in [9.17, 15) is 0 Å². The standard InChI is InChI=1S/C27H22O2/c1-15-16(2)29-27(28-15)25-7-8-26(27)24-14-22-12-20-10-18-6-4-3-5-17(18)9-19(20)11-21(22)13-23(24)25/h3-16,25-26H,1-2H3. The van der Waals surface area contributed by atoms with Gasteiger partial charge in [-0.3, -0.25) is 0 Å². The van der Waals surface area contributed by atoms with Crippen LogP contribution in [0.3, 0.4) is 0 Å². The fourth-order valence-corrected chi connectivity index (χ4v) is 5.74. The summed E-state index contributed by atoms with van der Waals surface area (Å²) in [5, 5.41) is 7.75. The first-order valence-electron chi connectivity index (χ1n) is 10.6. The summed E-state index contributed by atoms with van der Waals surface area (Å²) in [5.74, 6) is -0.162. The van der Waals surface area contributed by atoms with Crippen molar-refractivity contribution in [2.24, 2.45) is 0 Å². The number of hydrogen-bond donors (Lipinski definition) is 0. The van der Waals surface area contributed by atoms with Gasteiger partial charge in [-0.2, -0.15) is 0 Å². The Kier molecular flexibility index (Phi) is 2.93. The number of ether oxygens (including phenoxy) is 2. The second-order valence-corrected chi connectivity index (χ2v) is 8.93. The zero-order valence-electron chi connectivity index (χ0n) is 16.6. The average Bonchev–Trinajstić information content (AvgIpc) is 3.30. The maximum absolute atomic E-state index is 6.46. The lowest BCUT2D eigenvalue weighted by atomic mass is 9.91. The molecule has 1 aliphatic heterocycles. The summed E-state index contributed by atoms with van der Waals surface area (Å²) in [6, 6.07) is 22.6. The van der Waals surface area contributed by atoms with Gasteiger partial charge in [-0.25, -0.2) is 0 Å². The van der Waals surface area contributed by atoms with Gasteiger partial charge in [-0.1, -0.05) is 48.6 Å². The molecule has 4 unspecified atom stereocenters. The van der Waals surface area contributed by atoms with Crippen LogP contribution in [0, 0.1) is 0 Å². The van der Waals surface area contributed by atoms with Gasteiger partial charge in [0.2, 0.25) is 0 Å². The molecule has 1 fully saturated rings. The van der Waals surface area contributed by atoms with Crippen molar-refractivity contribution >= 4 is 32.3 Å². The van der Waals surface area contributed by atoms with E-state index in [1.165, 1.54) is 43.4 Å². The predicted molar refractivity (Wildman–Crippen MR) is 117 cm³/mol. The minimum Gasteiger partial charge on any atom is -0.342 e. The van der Waals surface area contributed by atoms with E-state index in [4.69, 9.17) is 9.47 Å². The van der Waals surface area contributed by atoms with Crippen molar-refractivity contribution in [3.8, 4) is 0 Å². The summed E-state index contributed by atoms with van der Waals surface area (Å²) in [7, 11) is 0. The maximum Gasteiger partial charge on any atom is 0.189 e. The van der Waals surface area contributed by atoms with Crippen LogP contribution in [-0.2, 0) is 9.47 Å².